The smallest absolute Gasteiger partial charge is 0.462 e. The van der Waals surface area contributed by atoms with E-state index in [-0.39, 0.29) is 25.6 Å². The number of rotatable bonds is 32. The summed E-state index contributed by atoms with van der Waals surface area (Å²) in [4.78, 5) is 34.9. The Kier molecular flexibility index (Phi) is 27.6. The quantitative estimate of drug-likeness (QED) is 0.0333. The van der Waals surface area contributed by atoms with Crippen molar-refractivity contribution in [2.75, 3.05) is 47.5 Å². The number of nitrogens with zero attached hydrogens (tertiary/aromatic N) is 1. The van der Waals surface area contributed by atoms with Gasteiger partial charge in [-0.2, -0.15) is 0 Å². The van der Waals surface area contributed by atoms with Crippen molar-refractivity contribution < 1.29 is 42.1 Å². The van der Waals surface area contributed by atoms with Gasteiger partial charge in [-0.1, -0.05) is 129 Å². The number of ether oxygens (including phenoxy) is 2. The van der Waals surface area contributed by atoms with E-state index in [9.17, 15) is 19.0 Å². The van der Waals surface area contributed by atoms with Crippen molar-refractivity contribution in [2.45, 2.75) is 161 Å². The minimum Gasteiger partial charge on any atom is -0.462 e. The summed E-state index contributed by atoms with van der Waals surface area (Å²) in [6.45, 7) is 4.36. The van der Waals surface area contributed by atoms with Crippen molar-refractivity contribution >= 4 is 19.8 Å². The molecular formula is C34H69NO8P+. The first-order valence-electron chi connectivity index (χ1n) is 17.8. The molecule has 0 aliphatic carbocycles. The van der Waals surface area contributed by atoms with Crippen molar-refractivity contribution in [3.63, 3.8) is 0 Å². The average Bonchev–Trinajstić information content (AvgIpc) is 2.95. The van der Waals surface area contributed by atoms with Gasteiger partial charge in [0.15, 0.2) is 6.10 Å². The molecule has 0 bridgehead atoms. The highest BCUT2D eigenvalue weighted by Gasteiger charge is 2.27. The normalized spacial score (nSPS) is 13.9. The molecule has 0 spiro atoms. The summed E-state index contributed by atoms with van der Waals surface area (Å²) in [6, 6.07) is 0. The van der Waals surface area contributed by atoms with Gasteiger partial charge in [-0.25, -0.2) is 4.57 Å². The molecule has 10 heteroatoms. The van der Waals surface area contributed by atoms with Gasteiger partial charge in [0.25, 0.3) is 0 Å². The van der Waals surface area contributed by atoms with Crippen LogP contribution in [-0.4, -0.2) is 74.9 Å². The van der Waals surface area contributed by atoms with E-state index >= 15 is 0 Å². The number of quaternary nitrogens is 1. The fourth-order valence-corrected chi connectivity index (χ4v) is 5.52. The molecule has 0 rings (SSSR count). The van der Waals surface area contributed by atoms with Gasteiger partial charge < -0.3 is 18.9 Å². The highest BCUT2D eigenvalue weighted by molar-refractivity contribution is 7.47. The molecule has 0 radical (unpaired) electrons. The molecule has 0 aromatic carbocycles. The van der Waals surface area contributed by atoms with E-state index in [2.05, 4.69) is 13.8 Å². The zero-order valence-electron chi connectivity index (χ0n) is 29.2. The lowest BCUT2D eigenvalue weighted by atomic mass is 10.0. The first-order valence-corrected chi connectivity index (χ1v) is 19.3. The van der Waals surface area contributed by atoms with Crippen molar-refractivity contribution in [1.82, 2.24) is 0 Å². The molecule has 44 heavy (non-hydrogen) atoms. The maximum Gasteiger partial charge on any atom is 0.472 e. The van der Waals surface area contributed by atoms with Crippen LogP contribution in [0.5, 0.6) is 0 Å². The first kappa shape index (κ1) is 43.0. The van der Waals surface area contributed by atoms with Crippen LogP contribution in [0.3, 0.4) is 0 Å². The summed E-state index contributed by atoms with van der Waals surface area (Å²) >= 11 is 0. The first-order chi connectivity index (χ1) is 21.0. The van der Waals surface area contributed by atoms with E-state index in [0.717, 1.165) is 38.5 Å². The predicted molar refractivity (Wildman–Crippen MR) is 178 cm³/mol. The Hall–Kier alpha value is -0.990. The van der Waals surface area contributed by atoms with Crippen LogP contribution < -0.4 is 0 Å². The number of esters is 2. The zero-order chi connectivity index (χ0) is 32.9. The lowest BCUT2D eigenvalue weighted by molar-refractivity contribution is -0.870. The Labute approximate surface area is 270 Å². The second-order valence-corrected chi connectivity index (χ2v) is 14.7. The van der Waals surface area contributed by atoms with Crippen LogP contribution in [0, 0.1) is 0 Å². The molecular weight excluding hydrogens is 581 g/mol. The number of carbonyl (C=O) groups is 2. The highest BCUT2D eigenvalue weighted by Crippen LogP contribution is 2.43. The molecule has 0 amide bonds. The summed E-state index contributed by atoms with van der Waals surface area (Å²) in [6.07, 6.45) is 23.1. The minimum absolute atomic E-state index is 0.0358. The summed E-state index contributed by atoms with van der Waals surface area (Å²) in [7, 11) is 1.48. The van der Waals surface area contributed by atoms with Gasteiger partial charge in [0, 0.05) is 12.8 Å². The maximum atomic E-state index is 12.5. The third-order valence-electron chi connectivity index (χ3n) is 7.64. The molecule has 0 saturated carbocycles. The third-order valence-corrected chi connectivity index (χ3v) is 8.62. The molecule has 262 valence electrons. The number of phosphoric ester groups is 1. The fraction of sp³-hybridized carbons (Fsp3) is 0.941. The standard InChI is InChI=1S/C34H68NO8P/c1-6-8-10-12-14-15-16-17-18-19-21-22-24-26-33(36)40-30-32(31-42-44(38,39)41-29-28-35(3,4)5)43-34(37)27-25-23-20-13-11-9-7-2/h32H,6-31H2,1-5H3/p+1/t32-/m1/s1. The predicted octanol–water partition coefficient (Wildman–Crippen LogP) is 8.90. The van der Waals surface area contributed by atoms with Gasteiger partial charge in [0.1, 0.15) is 19.8 Å². The maximum absolute atomic E-state index is 12.5. The lowest BCUT2D eigenvalue weighted by Crippen LogP contribution is -2.37. The Morgan fingerprint density at radius 2 is 1.02 bits per heavy atom. The van der Waals surface area contributed by atoms with Gasteiger partial charge in [-0.15, -0.1) is 0 Å². The molecule has 2 atom stereocenters. The number of carbonyl (C=O) groups excluding carboxylic acids is 2. The van der Waals surface area contributed by atoms with Crippen LogP contribution in [0.1, 0.15) is 155 Å². The molecule has 0 heterocycles. The van der Waals surface area contributed by atoms with Crippen LogP contribution in [0.25, 0.3) is 0 Å². The summed E-state index contributed by atoms with van der Waals surface area (Å²) in [5.41, 5.74) is 0. The van der Waals surface area contributed by atoms with Gasteiger partial charge in [-0.3, -0.25) is 18.6 Å². The topological polar surface area (TPSA) is 108 Å². The SMILES string of the molecule is CCCCCCCCCCCCCCCC(=O)OC[C@H](COP(=O)(O)OCC[N+](C)(C)C)OC(=O)CCCCCCCCC. The van der Waals surface area contributed by atoms with Crippen LogP contribution >= 0.6 is 7.82 Å². The Bertz CT molecular complexity index is 743. The molecule has 0 aromatic rings. The van der Waals surface area contributed by atoms with Gasteiger partial charge in [0.2, 0.25) is 0 Å². The number of hydrogen-bond donors (Lipinski definition) is 1. The third kappa shape index (κ3) is 31.0. The Morgan fingerprint density at radius 3 is 1.45 bits per heavy atom. The van der Waals surface area contributed by atoms with Gasteiger partial charge in [0.05, 0.1) is 27.7 Å². The van der Waals surface area contributed by atoms with Crippen molar-refractivity contribution in [2.24, 2.45) is 0 Å². The van der Waals surface area contributed by atoms with E-state index in [1.54, 1.807) is 0 Å². The van der Waals surface area contributed by atoms with Crippen molar-refractivity contribution in [1.29, 1.82) is 0 Å². The van der Waals surface area contributed by atoms with E-state index in [0.29, 0.717) is 23.9 Å². The van der Waals surface area contributed by atoms with E-state index in [1.807, 2.05) is 21.1 Å². The van der Waals surface area contributed by atoms with Gasteiger partial charge in [-0.05, 0) is 12.8 Å². The van der Waals surface area contributed by atoms with Crippen LogP contribution in [0.4, 0.5) is 0 Å². The van der Waals surface area contributed by atoms with Gasteiger partial charge >= 0.3 is 19.8 Å². The monoisotopic (exact) mass is 650 g/mol. The molecule has 0 aliphatic heterocycles. The molecule has 1 N–H and O–H groups in total. The van der Waals surface area contributed by atoms with E-state index in [4.69, 9.17) is 18.5 Å². The molecule has 0 aliphatic rings. The average molecular weight is 651 g/mol. The summed E-state index contributed by atoms with van der Waals surface area (Å²) in [5, 5.41) is 0. The Balaban J connectivity index is 4.39. The highest BCUT2D eigenvalue weighted by atomic mass is 31.2. The fourth-order valence-electron chi connectivity index (χ4n) is 4.78. The zero-order valence-corrected chi connectivity index (χ0v) is 30.1. The summed E-state index contributed by atoms with van der Waals surface area (Å²) in [5.74, 6) is -0.800. The second kappa shape index (κ2) is 28.3. The van der Waals surface area contributed by atoms with Crippen LogP contribution in [-0.2, 0) is 32.7 Å². The largest absolute Gasteiger partial charge is 0.472 e. The molecule has 0 aromatic heterocycles. The van der Waals surface area contributed by atoms with Crippen LogP contribution in [0.2, 0.25) is 0 Å². The number of unbranched alkanes of at least 4 members (excludes halogenated alkanes) is 18. The van der Waals surface area contributed by atoms with E-state index in [1.165, 1.54) is 83.5 Å². The second-order valence-electron chi connectivity index (χ2n) is 13.3. The molecule has 9 nitrogen and oxygen atoms in total. The van der Waals surface area contributed by atoms with E-state index < -0.39 is 26.5 Å². The number of likely N-dealkylation sites (N-methyl/N-ethyl adjacent to an activating group) is 1. The lowest BCUT2D eigenvalue weighted by Gasteiger charge is -2.24. The molecule has 0 saturated heterocycles. The Morgan fingerprint density at radius 1 is 0.614 bits per heavy atom. The molecule has 1 unspecified atom stereocenters. The number of hydrogen-bond acceptors (Lipinski definition) is 7. The summed E-state index contributed by atoms with van der Waals surface area (Å²) < 4.78 is 34.0. The molecule has 0 fully saturated rings. The van der Waals surface area contributed by atoms with Crippen molar-refractivity contribution in [3.8, 4) is 0 Å². The van der Waals surface area contributed by atoms with Crippen LogP contribution in [0.15, 0.2) is 0 Å². The minimum atomic E-state index is -4.35. The van der Waals surface area contributed by atoms with Crippen molar-refractivity contribution in [3.05, 3.63) is 0 Å². The number of phosphoric acid groups is 1.